The third-order valence-corrected chi connectivity index (χ3v) is 10.3. The number of halogens is 2. The summed E-state index contributed by atoms with van der Waals surface area (Å²) < 4.78 is 15.1. The smallest absolute Gasteiger partial charge is 0.305 e. The van der Waals surface area contributed by atoms with E-state index in [1.165, 1.54) is 18.2 Å². The van der Waals surface area contributed by atoms with E-state index in [1.54, 1.807) is 48.5 Å². The lowest BCUT2D eigenvalue weighted by Gasteiger charge is -2.50. The van der Waals surface area contributed by atoms with E-state index in [-0.39, 0.29) is 25.1 Å². The Morgan fingerprint density at radius 2 is 1.70 bits per heavy atom. The van der Waals surface area contributed by atoms with Crippen LogP contribution in [0.25, 0.3) is 0 Å². The second kappa shape index (κ2) is 10.9. The van der Waals surface area contributed by atoms with Crippen molar-refractivity contribution < 1.29 is 38.6 Å². The number of phenolic OH excluding ortho intramolecular Hbond substituents is 1. The molecule has 0 radical (unpaired) electrons. The Morgan fingerprint density at radius 1 is 0.935 bits per heavy atom. The number of allylic oxidation sites excluding steroid dienone is 2. The second-order valence-electron chi connectivity index (χ2n) is 12.3. The Bertz CT molecular complexity index is 1860. The fourth-order valence-corrected chi connectivity index (χ4v) is 8.50. The number of amides is 4. The van der Waals surface area contributed by atoms with E-state index < -0.39 is 82.6 Å². The summed E-state index contributed by atoms with van der Waals surface area (Å²) >= 11 is 6.29. The van der Waals surface area contributed by atoms with Crippen LogP contribution in [-0.2, 0) is 29.4 Å². The first kappa shape index (κ1) is 29.9. The molecular weight excluding hydrogens is 615 g/mol. The summed E-state index contributed by atoms with van der Waals surface area (Å²) in [5, 5.41) is 19.6. The number of rotatable bonds is 6. The molecular formula is C35H28ClFN2O7. The quantitative estimate of drug-likeness (QED) is 0.291. The maximum atomic E-state index is 15.1. The van der Waals surface area contributed by atoms with Crippen LogP contribution in [0.1, 0.15) is 36.3 Å². The van der Waals surface area contributed by atoms with Crippen LogP contribution in [0, 0.1) is 29.5 Å². The van der Waals surface area contributed by atoms with Gasteiger partial charge in [-0.2, -0.15) is 0 Å². The van der Waals surface area contributed by atoms with E-state index in [2.05, 4.69) is 0 Å². The molecule has 0 aromatic heterocycles. The molecule has 2 heterocycles. The van der Waals surface area contributed by atoms with Crippen molar-refractivity contribution in [3.63, 3.8) is 0 Å². The molecule has 2 saturated heterocycles. The molecule has 7 rings (SSSR count). The van der Waals surface area contributed by atoms with Crippen LogP contribution in [0.3, 0.4) is 0 Å². The summed E-state index contributed by atoms with van der Waals surface area (Å²) in [6.07, 6.45) is 1.62. The van der Waals surface area contributed by atoms with Crippen LogP contribution in [0.15, 0.2) is 84.4 Å². The van der Waals surface area contributed by atoms with Gasteiger partial charge in [-0.25, -0.2) is 9.29 Å². The van der Waals surface area contributed by atoms with Gasteiger partial charge in [-0.15, -0.1) is 0 Å². The number of likely N-dealkylation sites (tertiary alicyclic amines) is 1. The highest BCUT2D eigenvalue weighted by Crippen LogP contribution is 2.64. The highest BCUT2D eigenvalue weighted by Gasteiger charge is 2.70. The molecule has 2 aliphatic carbocycles. The predicted molar refractivity (Wildman–Crippen MR) is 163 cm³/mol. The van der Waals surface area contributed by atoms with Gasteiger partial charge in [-0.05, 0) is 60.2 Å². The third kappa shape index (κ3) is 4.23. The number of aliphatic carboxylic acids is 1. The molecule has 6 unspecified atom stereocenters. The van der Waals surface area contributed by atoms with Gasteiger partial charge < -0.3 is 10.2 Å². The van der Waals surface area contributed by atoms with Crippen LogP contribution in [0.2, 0.25) is 5.02 Å². The van der Waals surface area contributed by atoms with E-state index in [9.17, 15) is 29.4 Å². The molecule has 3 fully saturated rings. The number of fused-ring (bicyclic) bond motifs is 4. The molecule has 2 N–H and O–H groups in total. The zero-order valence-electron chi connectivity index (χ0n) is 24.3. The minimum absolute atomic E-state index is 0.0480. The van der Waals surface area contributed by atoms with Gasteiger partial charge in [0.15, 0.2) is 11.6 Å². The monoisotopic (exact) mass is 642 g/mol. The number of hydrogen-bond donors (Lipinski definition) is 2. The average Bonchev–Trinajstić information content (AvgIpc) is 3.42. The lowest BCUT2D eigenvalue weighted by atomic mass is 9.49. The number of carboxylic acids is 1. The third-order valence-electron chi connectivity index (χ3n) is 10.1. The summed E-state index contributed by atoms with van der Waals surface area (Å²) in [6, 6.07) is 19.0. The molecule has 0 spiro atoms. The van der Waals surface area contributed by atoms with Crippen LogP contribution in [-0.4, -0.2) is 51.3 Å². The number of carboxylic acid groups (broad SMARTS) is 1. The van der Waals surface area contributed by atoms with E-state index >= 15 is 9.18 Å². The Kier molecular flexibility index (Phi) is 7.08. The molecule has 11 heteroatoms. The first-order valence-corrected chi connectivity index (χ1v) is 15.4. The summed E-state index contributed by atoms with van der Waals surface area (Å²) in [7, 11) is 0. The summed E-state index contributed by atoms with van der Waals surface area (Å²) in [4.78, 5) is 70.4. The van der Waals surface area contributed by atoms with Gasteiger partial charge in [0.1, 0.15) is 0 Å². The molecule has 1 saturated carbocycles. The number of carbonyl (C=O) groups is 5. The number of anilines is 1. The van der Waals surface area contributed by atoms with Crippen molar-refractivity contribution in [3.8, 4) is 5.75 Å². The fraction of sp³-hybridized carbons (Fsp3) is 0.286. The standard InChI is InChI=1S/C35H28ClFN2O7/c36-20-7-4-8-21(16-20)39-32(44)25-17-24-22(10-11-23-29(24)33(45)38(31(23)43)14-13-28(41)42)30(18-9-12-27(40)26(37)15-18)35(25,34(39)46)19-5-2-1-3-6-19/h1-10,12,15-16,23-25,29-30,40H,11,13-14,17H2,(H,41,42). The van der Waals surface area contributed by atoms with Gasteiger partial charge in [-0.3, -0.25) is 28.9 Å². The molecule has 46 heavy (non-hydrogen) atoms. The Labute approximate surface area is 267 Å². The van der Waals surface area contributed by atoms with Gasteiger partial charge in [0, 0.05) is 17.5 Å². The SMILES string of the molecule is O=C(O)CCN1C(=O)C2CC=C3C(CC4C(=O)N(c5cccc(Cl)c5)C(=O)C4(c4ccccc4)C3c3ccc(O)c(F)c3)C2C1=O. The lowest BCUT2D eigenvalue weighted by molar-refractivity contribution is -0.142. The number of nitrogens with zero attached hydrogens (tertiary/aromatic N) is 2. The molecule has 3 aromatic rings. The highest BCUT2D eigenvalue weighted by atomic mass is 35.5. The van der Waals surface area contributed by atoms with Gasteiger partial charge in [0.25, 0.3) is 0 Å². The van der Waals surface area contributed by atoms with E-state index in [0.717, 1.165) is 15.9 Å². The van der Waals surface area contributed by atoms with Crippen molar-refractivity contribution >= 4 is 46.9 Å². The van der Waals surface area contributed by atoms with Crippen molar-refractivity contribution in [3.05, 3.63) is 106 Å². The lowest BCUT2D eigenvalue weighted by Crippen LogP contribution is -2.53. The van der Waals surface area contributed by atoms with Gasteiger partial charge in [0.2, 0.25) is 23.6 Å². The number of imide groups is 2. The molecule has 9 nitrogen and oxygen atoms in total. The Morgan fingerprint density at radius 3 is 2.39 bits per heavy atom. The minimum Gasteiger partial charge on any atom is -0.505 e. The first-order chi connectivity index (χ1) is 22.0. The fourth-order valence-electron chi connectivity index (χ4n) is 8.31. The Hall–Kier alpha value is -4.83. The average molecular weight is 643 g/mol. The number of carbonyl (C=O) groups excluding carboxylic acids is 4. The van der Waals surface area contributed by atoms with Crippen molar-refractivity contribution in [1.29, 1.82) is 0 Å². The van der Waals surface area contributed by atoms with Crippen LogP contribution in [0.5, 0.6) is 5.75 Å². The largest absolute Gasteiger partial charge is 0.505 e. The molecule has 234 valence electrons. The second-order valence-corrected chi connectivity index (χ2v) is 12.7. The highest BCUT2D eigenvalue weighted by molar-refractivity contribution is 6.32. The minimum atomic E-state index is -1.58. The van der Waals surface area contributed by atoms with Gasteiger partial charge in [0.05, 0.1) is 35.3 Å². The summed E-state index contributed by atoms with van der Waals surface area (Å²) in [5.74, 6) is -8.97. The number of aromatic hydroxyl groups is 1. The number of benzene rings is 3. The van der Waals surface area contributed by atoms with Crippen LogP contribution >= 0.6 is 11.6 Å². The van der Waals surface area contributed by atoms with Crippen LogP contribution < -0.4 is 4.90 Å². The molecule has 4 aliphatic rings. The molecule has 3 aromatic carbocycles. The zero-order chi connectivity index (χ0) is 32.5. The maximum Gasteiger partial charge on any atom is 0.305 e. The van der Waals surface area contributed by atoms with E-state index in [0.29, 0.717) is 21.7 Å². The van der Waals surface area contributed by atoms with Crippen molar-refractivity contribution in [2.75, 3.05) is 11.4 Å². The van der Waals surface area contributed by atoms with Crippen molar-refractivity contribution in [1.82, 2.24) is 4.90 Å². The van der Waals surface area contributed by atoms with E-state index in [1.807, 2.05) is 6.08 Å². The van der Waals surface area contributed by atoms with Crippen molar-refractivity contribution in [2.45, 2.75) is 30.6 Å². The topological polar surface area (TPSA) is 132 Å². The normalized spacial score (nSPS) is 28.6. The number of hydrogen-bond acceptors (Lipinski definition) is 6. The molecule has 0 bridgehead atoms. The number of phenols is 1. The summed E-state index contributed by atoms with van der Waals surface area (Å²) in [6.45, 7) is -0.272. The maximum absolute atomic E-state index is 15.1. The van der Waals surface area contributed by atoms with Gasteiger partial charge >= 0.3 is 5.97 Å². The zero-order valence-corrected chi connectivity index (χ0v) is 25.1. The van der Waals surface area contributed by atoms with E-state index in [4.69, 9.17) is 11.6 Å². The molecule has 4 amide bonds. The van der Waals surface area contributed by atoms with Crippen LogP contribution in [0.4, 0.5) is 10.1 Å². The molecule has 6 atom stereocenters. The van der Waals surface area contributed by atoms with Gasteiger partial charge in [-0.1, -0.05) is 65.7 Å². The Balaban J connectivity index is 1.46. The molecule has 2 aliphatic heterocycles. The van der Waals surface area contributed by atoms with Crippen molar-refractivity contribution in [2.24, 2.45) is 23.7 Å². The summed E-state index contributed by atoms with van der Waals surface area (Å²) in [5.41, 5.74) is 0.173. The first-order valence-electron chi connectivity index (χ1n) is 15.0. The predicted octanol–water partition coefficient (Wildman–Crippen LogP) is 4.82.